The molecule has 0 spiro atoms. The quantitative estimate of drug-likeness (QED) is 0.628. The highest BCUT2D eigenvalue weighted by molar-refractivity contribution is 6.74. The number of carboxylic acids is 2. The summed E-state index contributed by atoms with van der Waals surface area (Å²) in [6, 6.07) is 0. The predicted molar refractivity (Wildman–Crippen MR) is 95.3 cm³/mol. The summed E-state index contributed by atoms with van der Waals surface area (Å²) in [6.45, 7) is 16.3. The summed E-state index contributed by atoms with van der Waals surface area (Å²) in [5, 5.41) is 25.0. The Morgan fingerprint density at radius 2 is 1.48 bits per heavy atom. The number of rotatable bonds is 6. The van der Waals surface area contributed by atoms with Gasteiger partial charge in [0.1, 0.15) is 0 Å². The van der Waals surface area contributed by atoms with Crippen molar-refractivity contribution < 1.29 is 30.7 Å². The SMILES string of the molecule is CC(CC(=O)O)O[Si](C)(C)C(C)(C)C.CC(O)CC(=O)O.[2H]CC. The minimum absolute atomic E-state index is 0.0898. The van der Waals surface area contributed by atoms with Crippen molar-refractivity contribution in [3.63, 3.8) is 0 Å². The summed E-state index contributed by atoms with van der Waals surface area (Å²) in [5.41, 5.74) is 0. The van der Waals surface area contributed by atoms with Gasteiger partial charge in [-0.1, -0.05) is 34.6 Å². The standard InChI is InChI=1S/C10H22O3Si.C4H8O3.C2H6/c1-8(7-9(11)12)13-14(5,6)10(2,3)4;1-3(5)2-4(6)7;1-2/h8H,7H2,1-6H3,(H,11,12);3,5H,2H2,1H3,(H,6,7);1-2H3/i;;1D. The number of aliphatic carboxylic acids is 2. The van der Waals surface area contributed by atoms with E-state index in [1.807, 2.05) is 6.92 Å². The molecule has 0 aromatic heterocycles. The van der Waals surface area contributed by atoms with Gasteiger partial charge in [-0.2, -0.15) is 0 Å². The molecule has 6 nitrogen and oxygen atoms in total. The number of hydrogen-bond acceptors (Lipinski definition) is 4. The largest absolute Gasteiger partial charge is 0.481 e. The van der Waals surface area contributed by atoms with Gasteiger partial charge in [0.05, 0.1) is 25.0 Å². The minimum Gasteiger partial charge on any atom is -0.481 e. The Kier molecular flexibility index (Phi) is 13.2. The molecule has 0 aliphatic rings. The van der Waals surface area contributed by atoms with E-state index in [4.69, 9.17) is 21.1 Å². The first-order valence-corrected chi connectivity index (χ1v) is 10.6. The normalized spacial score (nSPS) is 14.2. The predicted octanol–water partition coefficient (Wildman–Crippen LogP) is 3.74. The smallest absolute Gasteiger partial charge is 0.305 e. The molecule has 0 aliphatic heterocycles. The Morgan fingerprint density at radius 1 is 1.13 bits per heavy atom. The second kappa shape index (κ2) is 12.5. The molecular weight excluding hydrogens is 316 g/mol. The minimum atomic E-state index is -1.80. The molecule has 140 valence electrons. The highest BCUT2D eigenvalue weighted by Crippen LogP contribution is 2.37. The fourth-order valence-corrected chi connectivity index (χ4v) is 2.66. The summed E-state index contributed by atoms with van der Waals surface area (Å²) in [4.78, 5) is 20.1. The lowest BCUT2D eigenvalue weighted by Gasteiger charge is -2.38. The molecule has 2 unspecified atom stereocenters. The van der Waals surface area contributed by atoms with Crippen LogP contribution in [0.1, 0.15) is 62.7 Å². The Labute approximate surface area is 143 Å². The van der Waals surface area contributed by atoms with Gasteiger partial charge in [-0.3, -0.25) is 9.59 Å². The summed E-state index contributed by atoms with van der Waals surface area (Å²) >= 11 is 0. The van der Waals surface area contributed by atoms with Gasteiger partial charge in [0.25, 0.3) is 0 Å². The van der Waals surface area contributed by atoms with Crippen molar-refractivity contribution in [2.24, 2.45) is 0 Å². The molecule has 3 N–H and O–H groups in total. The fraction of sp³-hybridized carbons (Fsp3) is 0.875. The second-order valence-corrected chi connectivity index (χ2v) is 11.5. The molecule has 0 bridgehead atoms. The van der Waals surface area contributed by atoms with Gasteiger partial charge in [0.2, 0.25) is 0 Å². The third-order valence-electron chi connectivity index (χ3n) is 3.23. The molecule has 0 amide bonds. The average Bonchev–Trinajstić information content (AvgIpc) is 2.24. The van der Waals surface area contributed by atoms with Crippen molar-refractivity contribution in [3.05, 3.63) is 0 Å². The molecule has 0 saturated carbocycles. The lowest BCUT2D eigenvalue weighted by Crippen LogP contribution is -2.43. The molecule has 0 aliphatic carbocycles. The van der Waals surface area contributed by atoms with E-state index >= 15 is 0 Å². The van der Waals surface area contributed by atoms with Crippen LogP contribution in [-0.2, 0) is 14.0 Å². The maximum Gasteiger partial charge on any atom is 0.305 e. The Hall–Kier alpha value is -0.923. The van der Waals surface area contributed by atoms with Crippen LogP contribution in [-0.4, -0.2) is 47.8 Å². The summed E-state index contributed by atoms with van der Waals surface area (Å²) < 4.78 is 12.1. The average molecular weight is 354 g/mol. The van der Waals surface area contributed by atoms with Crippen LogP contribution in [0.2, 0.25) is 18.1 Å². The molecule has 0 radical (unpaired) electrons. The van der Waals surface area contributed by atoms with Crippen molar-refractivity contribution in [2.75, 3.05) is 0 Å². The van der Waals surface area contributed by atoms with Crippen molar-refractivity contribution in [2.45, 2.75) is 91.6 Å². The maximum absolute atomic E-state index is 10.5. The van der Waals surface area contributed by atoms with Gasteiger partial charge in [0.15, 0.2) is 8.32 Å². The van der Waals surface area contributed by atoms with Crippen LogP contribution >= 0.6 is 0 Å². The number of hydrogen-bond donors (Lipinski definition) is 3. The summed E-state index contributed by atoms with van der Waals surface area (Å²) in [5.74, 6) is -1.76. The summed E-state index contributed by atoms with van der Waals surface area (Å²) in [6.07, 6.45) is -0.988. The van der Waals surface area contributed by atoms with E-state index in [0.29, 0.717) is 6.90 Å². The fourth-order valence-electron chi connectivity index (χ4n) is 1.22. The van der Waals surface area contributed by atoms with E-state index in [0.717, 1.165) is 0 Å². The molecule has 0 aromatic carbocycles. The van der Waals surface area contributed by atoms with Crippen molar-refractivity contribution in [1.82, 2.24) is 0 Å². The van der Waals surface area contributed by atoms with E-state index in [1.54, 1.807) is 6.92 Å². The van der Waals surface area contributed by atoms with E-state index in [1.165, 1.54) is 6.92 Å². The highest BCUT2D eigenvalue weighted by atomic mass is 28.4. The monoisotopic (exact) mass is 353 g/mol. The lowest BCUT2D eigenvalue weighted by molar-refractivity contribution is -0.139. The van der Waals surface area contributed by atoms with Crippen LogP contribution in [0.5, 0.6) is 0 Å². The zero-order valence-corrected chi connectivity index (χ0v) is 16.8. The lowest BCUT2D eigenvalue weighted by atomic mass is 10.2. The molecule has 0 fully saturated rings. The maximum atomic E-state index is 10.5. The first-order chi connectivity index (χ1) is 10.6. The van der Waals surface area contributed by atoms with E-state index in [-0.39, 0.29) is 24.0 Å². The molecule has 7 heteroatoms. The van der Waals surface area contributed by atoms with Crippen molar-refractivity contribution in [3.8, 4) is 0 Å². The topological polar surface area (TPSA) is 104 Å². The molecule has 23 heavy (non-hydrogen) atoms. The van der Waals surface area contributed by atoms with Crippen LogP contribution in [0.3, 0.4) is 0 Å². The van der Waals surface area contributed by atoms with Gasteiger partial charge >= 0.3 is 11.9 Å². The first-order valence-electron chi connectivity index (χ1n) is 8.40. The number of carbonyl (C=O) groups is 2. The van der Waals surface area contributed by atoms with Crippen LogP contribution in [0.25, 0.3) is 0 Å². The van der Waals surface area contributed by atoms with Crippen LogP contribution < -0.4 is 0 Å². The van der Waals surface area contributed by atoms with E-state index < -0.39 is 26.4 Å². The molecule has 2 atom stereocenters. The van der Waals surface area contributed by atoms with Gasteiger partial charge in [0, 0.05) is 1.37 Å². The highest BCUT2D eigenvalue weighted by Gasteiger charge is 2.38. The van der Waals surface area contributed by atoms with Crippen LogP contribution in [0.15, 0.2) is 0 Å². The van der Waals surface area contributed by atoms with E-state index in [9.17, 15) is 9.59 Å². The molecule has 0 saturated heterocycles. The second-order valence-electron chi connectivity index (χ2n) is 6.73. The zero-order chi connectivity index (χ0) is 20.1. The zero-order valence-electron chi connectivity index (χ0n) is 16.8. The Morgan fingerprint density at radius 3 is 1.65 bits per heavy atom. The Bertz CT molecular complexity index is 353. The molecular formula is C16H36O6Si. The van der Waals surface area contributed by atoms with Crippen LogP contribution in [0, 0.1) is 0 Å². The number of carboxylic acid groups (broad SMARTS) is 2. The third-order valence-corrected chi connectivity index (χ3v) is 7.84. The number of aliphatic hydroxyl groups is 1. The van der Waals surface area contributed by atoms with Gasteiger partial charge in [-0.25, -0.2) is 0 Å². The first kappa shape index (κ1) is 24.3. The van der Waals surface area contributed by atoms with Gasteiger partial charge in [-0.05, 0) is 32.0 Å². The van der Waals surface area contributed by atoms with Crippen molar-refractivity contribution >= 4 is 20.3 Å². The van der Waals surface area contributed by atoms with Crippen LogP contribution in [0.4, 0.5) is 0 Å². The van der Waals surface area contributed by atoms with Gasteiger partial charge in [-0.15, -0.1) is 0 Å². The van der Waals surface area contributed by atoms with Crippen molar-refractivity contribution in [1.29, 1.82) is 0 Å². The number of aliphatic hydroxyl groups excluding tert-OH is 1. The molecule has 0 heterocycles. The third kappa shape index (κ3) is 17.3. The molecule has 0 rings (SSSR count). The van der Waals surface area contributed by atoms with Gasteiger partial charge < -0.3 is 19.7 Å². The Balaban J connectivity index is -0.000000367. The molecule has 0 aromatic rings. The van der Waals surface area contributed by atoms with E-state index in [2.05, 4.69) is 33.9 Å². The summed E-state index contributed by atoms with van der Waals surface area (Å²) in [7, 11) is -1.80.